The molecule has 0 atom stereocenters. The van der Waals surface area contributed by atoms with Crippen molar-refractivity contribution < 1.29 is 14.3 Å². The highest BCUT2D eigenvalue weighted by Gasteiger charge is 2.32. The van der Waals surface area contributed by atoms with Crippen LogP contribution in [0.15, 0.2) is 9.64 Å². The normalized spacial score (nSPS) is 23.8. The van der Waals surface area contributed by atoms with Gasteiger partial charge in [-0.25, -0.2) is 0 Å². The highest BCUT2D eigenvalue weighted by Crippen LogP contribution is 2.43. The van der Waals surface area contributed by atoms with E-state index < -0.39 is 5.97 Å². The van der Waals surface area contributed by atoms with Crippen molar-refractivity contribution in [3.63, 3.8) is 0 Å². The Labute approximate surface area is 123 Å². The van der Waals surface area contributed by atoms with Gasteiger partial charge in [-0.3, -0.25) is 4.79 Å². The highest BCUT2D eigenvalue weighted by molar-refractivity contribution is 7.99. The molecule has 0 amide bonds. The maximum atomic E-state index is 10.5. The van der Waals surface area contributed by atoms with Gasteiger partial charge in [-0.05, 0) is 37.0 Å². The van der Waals surface area contributed by atoms with Crippen molar-refractivity contribution in [1.29, 1.82) is 0 Å². The van der Waals surface area contributed by atoms with E-state index in [2.05, 4.69) is 31.0 Å². The van der Waals surface area contributed by atoms with Crippen LogP contribution in [-0.4, -0.2) is 27.0 Å². The summed E-state index contributed by atoms with van der Waals surface area (Å²) >= 11 is 1.08. The Kier molecular flexibility index (Phi) is 4.73. The molecule has 1 N–H and O–H groups in total. The molecule has 2 rings (SSSR count). The van der Waals surface area contributed by atoms with Crippen molar-refractivity contribution in [2.45, 2.75) is 57.6 Å². The van der Waals surface area contributed by atoms with Crippen LogP contribution in [0.3, 0.4) is 0 Å². The Balaban J connectivity index is 1.89. The predicted octanol–water partition coefficient (Wildman–Crippen LogP) is 3.57. The number of rotatable bonds is 4. The van der Waals surface area contributed by atoms with Gasteiger partial charge in [-0.15, -0.1) is 10.2 Å². The summed E-state index contributed by atoms with van der Waals surface area (Å²) in [5, 5.41) is 17.0. The molecular formula is C14H22N2O3S. The van der Waals surface area contributed by atoms with Crippen LogP contribution in [-0.2, 0) is 4.79 Å². The molecule has 1 aromatic heterocycles. The van der Waals surface area contributed by atoms with Gasteiger partial charge in [-0.1, -0.05) is 32.5 Å². The van der Waals surface area contributed by atoms with Crippen molar-refractivity contribution in [2.75, 3.05) is 5.75 Å². The lowest BCUT2D eigenvalue weighted by molar-refractivity contribution is -0.133. The van der Waals surface area contributed by atoms with Crippen LogP contribution in [0.25, 0.3) is 0 Å². The van der Waals surface area contributed by atoms with Crippen LogP contribution in [0.2, 0.25) is 0 Å². The number of hydrogen-bond donors (Lipinski definition) is 1. The second-order valence-electron chi connectivity index (χ2n) is 6.50. The molecule has 1 aromatic rings. The zero-order chi connectivity index (χ0) is 14.8. The van der Waals surface area contributed by atoms with Crippen LogP contribution in [0.5, 0.6) is 0 Å². The molecule has 0 spiro atoms. The molecule has 6 heteroatoms. The molecule has 0 aromatic carbocycles. The van der Waals surface area contributed by atoms with Gasteiger partial charge in [0.2, 0.25) is 5.89 Å². The number of aliphatic carboxylic acids is 1. The van der Waals surface area contributed by atoms with Crippen molar-refractivity contribution in [2.24, 2.45) is 11.3 Å². The third-order valence-electron chi connectivity index (χ3n) is 4.04. The van der Waals surface area contributed by atoms with Crippen molar-refractivity contribution >= 4 is 17.7 Å². The average molecular weight is 298 g/mol. The minimum atomic E-state index is -0.875. The molecule has 1 heterocycles. The fourth-order valence-electron chi connectivity index (χ4n) is 2.77. The third kappa shape index (κ3) is 3.98. The smallest absolute Gasteiger partial charge is 0.314 e. The summed E-state index contributed by atoms with van der Waals surface area (Å²) in [7, 11) is 0. The fraction of sp³-hybridized carbons (Fsp3) is 0.786. The van der Waals surface area contributed by atoms with Crippen LogP contribution in [0.1, 0.15) is 58.3 Å². The number of hydrogen-bond acceptors (Lipinski definition) is 5. The minimum absolute atomic E-state index is 0.0433. The first-order chi connectivity index (χ1) is 9.36. The van der Waals surface area contributed by atoms with Gasteiger partial charge in [0.1, 0.15) is 5.75 Å². The van der Waals surface area contributed by atoms with E-state index in [9.17, 15) is 4.79 Å². The van der Waals surface area contributed by atoms with E-state index >= 15 is 0 Å². The van der Waals surface area contributed by atoms with Crippen molar-refractivity contribution in [3.05, 3.63) is 5.89 Å². The topological polar surface area (TPSA) is 76.2 Å². The van der Waals surface area contributed by atoms with Crippen LogP contribution in [0, 0.1) is 11.3 Å². The zero-order valence-corrected chi connectivity index (χ0v) is 13.1. The Bertz CT molecular complexity index is 459. The van der Waals surface area contributed by atoms with E-state index in [-0.39, 0.29) is 5.75 Å². The van der Waals surface area contributed by atoms with Gasteiger partial charge in [0.25, 0.3) is 5.22 Å². The van der Waals surface area contributed by atoms with Crippen LogP contribution < -0.4 is 0 Å². The first-order valence-corrected chi connectivity index (χ1v) is 8.03. The SMILES string of the molecule is CC(C)(C)C1CCC(c2nnc(SCC(=O)O)o2)CC1. The molecule has 1 aliphatic rings. The molecule has 0 bridgehead atoms. The minimum Gasteiger partial charge on any atom is -0.481 e. The lowest BCUT2D eigenvalue weighted by Crippen LogP contribution is -2.25. The molecule has 20 heavy (non-hydrogen) atoms. The Morgan fingerprint density at radius 1 is 1.30 bits per heavy atom. The quantitative estimate of drug-likeness (QED) is 0.856. The summed E-state index contributed by atoms with van der Waals surface area (Å²) in [6, 6.07) is 0. The van der Waals surface area contributed by atoms with E-state index in [4.69, 9.17) is 9.52 Å². The van der Waals surface area contributed by atoms with Crippen molar-refractivity contribution in [1.82, 2.24) is 10.2 Å². The average Bonchev–Trinajstić information content (AvgIpc) is 2.84. The van der Waals surface area contributed by atoms with E-state index in [1.165, 1.54) is 12.8 Å². The number of carbonyl (C=O) groups is 1. The third-order valence-corrected chi connectivity index (χ3v) is 4.85. The first kappa shape index (κ1) is 15.4. The summed E-state index contributed by atoms with van der Waals surface area (Å²) in [6.07, 6.45) is 4.53. The Hall–Kier alpha value is -1.04. The molecule has 0 unspecified atom stereocenters. The summed E-state index contributed by atoms with van der Waals surface area (Å²) in [4.78, 5) is 10.5. The fourth-order valence-corrected chi connectivity index (χ4v) is 3.26. The molecule has 0 saturated heterocycles. The maximum Gasteiger partial charge on any atom is 0.314 e. The van der Waals surface area contributed by atoms with E-state index in [1.807, 2.05) is 0 Å². The van der Waals surface area contributed by atoms with Crippen LogP contribution in [0.4, 0.5) is 0 Å². The number of aromatic nitrogens is 2. The molecule has 1 fully saturated rings. The van der Waals surface area contributed by atoms with E-state index in [0.29, 0.717) is 22.4 Å². The second kappa shape index (κ2) is 6.16. The monoisotopic (exact) mass is 298 g/mol. The maximum absolute atomic E-state index is 10.5. The van der Waals surface area contributed by atoms with E-state index in [0.717, 1.165) is 30.5 Å². The zero-order valence-electron chi connectivity index (χ0n) is 12.3. The standard InChI is InChI=1S/C14H22N2O3S/c1-14(2,3)10-6-4-9(5-7-10)12-15-16-13(19-12)20-8-11(17)18/h9-10H,4-8H2,1-3H3,(H,17,18). The Morgan fingerprint density at radius 3 is 2.50 bits per heavy atom. The van der Waals surface area contributed by atoms with Crippen LogP contribution >= 0.6 is 11.8 Å². The lowest BCUT2D eigenvalue weighted by atomic mass is 9.70. The summed E-state index contributed by atoms with van der Waals surface area (Å²) < 4.78 is 5.57. The van der Waals surface area contributed by atoms with Gasteiger partial charge in [-0.2, -0.15) is 0 Å². The Morgan fingerprint density at radius 2 is 1.95 bits per heavy atom. The largest absolute Gasteiger partial charge is 0.481 e. The second-order valence-corrected chi connectivity index (χ2v) is 7.43. The molecule has 112 valence electrons. The number of carboxylic acid groups (broad SMARTS) is 1. The summed E-state index contributed by atoms with van der Waals surface area (Å²) in [5.41, 5.74) is 0.363. The van der Waals surface area contributed by atoms with E-state index in [1.54, 1.807) is 0 Å². The number of thioether (sulfide) groups is 1. The first-order valence-electron chi connectivity index (χ1n) is 7.04. The molecule has 5 nitrogen and oxygen atoms in total. The molecule has 0 aliphatic heterocycles. The molecule has 1 aliphatic carbocycles. The lowest BCUT2D eigenvalue weighted by Gasteiger charge is -2.36. The predicted molar refractivity (Wildman–Crippen MR) is 76.8 cm³/mol. The van der Waals surface area contributed by atoms with Crippen molar-refractivity contribution in [3.8, 4) is 0 Å². The van der Waals surface area contributed by atoms with Gasteiger partial charge in [0, 0.05) is 5.92 Å². The van der Waals surface area contributed by atoms with Gasteiger partial charge < -0.3 is 9.52 Å². The summed E-state index contributed by atoms with van der Waals surface area (Å²) in [5.74, 6) is 0.840. The number of carboxylic acids is 1. The molecular weight excluding hydrogens is 276 g/mol. The van der Waals surface area contributed by atoms with Gasteiger partial charge in [0.05, 0.1) is 0 Å². The number of nitrogens with zero attached hydrogens (tertiary/aromatic N) is 2. The molecule has 1 saturated carbocycles. The van der Waals surface area contributed by atoms with Gasteiger partial charge >= 0.3 is 5.97 Å². The van der Waals surface area contributed by atoms with Gasteiger partial charge in [0.15, 0.2) is 0 Å². The highest BCUT2D eigenvalue weighted by atomic mass is 32.2. The summed E-state index contributed by atoms with van der Waals surface area (Å²) in [6.45, 7) is 6.89. The molecule has 0 radical (unpaired) electrons.